The molecule has 0 atom stereocenters. The number of aromatic nitrogens is 3. The van der Waals surface area contributed by atoms with E-state index in [1.807, 2.05) is 48.7 Å². The number of hydrogen-bond donors (Lipinski definition) is 1. The van der Waals surface area contributed by atoms with Crippen molar-refractivity contribution in [3.8, 4) is 5.75 Å². The molecule has 3 aromatic rings. The Balaban J connectivity index is 1.61. The number of nitrogens with one attached hydrogen (secondary N) is 1. The summed E-state index contributed by atoms with van der Waals surface area (Å²) < 4.78 is 7.00. The zero-order chi connectivity index (χ0) is 16.8. The first-order valence-corrected chi connectivity index (χ1v) is 7.60. The number of anilines is 1. The summed E-state index contributed by atoms with van der Waals surface area (Å²) in [5, 5.41) is 7.14. The van der Waals surface area contributed by atoms with Gasteiger partial charge in [-0.3, -0.25) is 14.5 Å². The number of para-hydroxylation sites is 1. The maximum atomic E-state index is 12.2. The molecule has 0 bridgehead atoms. The number of carbonyl (C=O) groups excluding carboxylic acids is 1. The van der Waals surface area contributed by atoms with Crippen LogP contribution in [-0.4, -0.2) is 27.8 Å². The standard InChI is InChI=1S/C18H18N4O2/c1-24-16-8-3-2-6-14(16)12-18(23)20-17-9-11-22(21-17)13-15-7-4-5-10-19-15/h2-11H,12-13H2,1H3,(H,20,21,23). The second kappa shape index (κ2) is 7.41. The summed E-state index contributed by atoms with van der Waals surface area (Å²) in [4.78, 5) is 16.4. The molecule has 0 saturated carbocycles. The number of methoxy groups -OCH3 is 1. The Hall–Kier alpha value is -3.15. The predicted molar refractivity (Wildman–Crippen MR) is 90.9 cm³/mol. The fraction of sp³-hybridized carbons (Fsp3) is 0.167. The molecule has 3 rings (SSSR count). The van der Waals surface area contributed by atoms with Crippen LogP contribution in [0, 0.1) is 0 Å². The fourth-order valence-corrected chi connectivity index (χ4v) is 2.38. The number of rotatable bonds is 6. The van der Waals surface area contributed by atoms with Crippen molar-refractivity contribution in [2.24, 2.45) is 0 Å². The van der Waals surface area contributed by atoms with Gasteiger partial charge in [-0.2, -0.15) is 5.10 Å². The van der Waals surface area contributed by atoms with Gasteiger partial charge in [0.2, 0.25) is 5.91 Å². The number of pyridine rings is 1. The van der Waals surface area contributed by atoms with Gasteiger partial charge in [0.1, 0.15) is 5.75 Å². The van der Waals surface area contributed by atoms with Gasteiger partial charge < -0.3 is 10.1 Å². The molecular formula is C18H18N4O2. The van der Waals surface area contributed by atoms with E-state index in [1.54, 1.807) is 24.1 Å². The number of hydrogen-bond acceptors (Lipinski definition) is 4. The first kappa shape index (κ1) is 15.7. The minimum atomic E-state index is -0.136. The lowest BCUT2D eigenvalue weighted by Gasteiger charge is -2.07. The topological polar surface area (TPSA) is 69.0 Å². The van der Waals surface area contributed by atoms with Gasteiger partial charge in [0.25, 0.3) is 0 Å². The molecule has 6 heteroatoms. The van der Waals surface area contributed by atoms with Crippen molar-refractivity contribution in [1.82, 2.24) is 14.8 Å². The molecule has 0 aliphatic heterocycles. The van der Waals surface area contributed by atoms with E-state index in [2.05, 4.69) is 15.4 Å². The maximum Gasteiger partial charge on any atom is 0.230 e. The Morgan fingerprint density at radius 1 is 1.17 bits per heavy atom. The number of benzene rings is 1. The molecule has 1 aromatic carbocycles. The van der Waals surface area contributed by atoms with Gasteiger partial charge in [0.15, 0.2) is 5.82 Å². The lowest BCUT2D eigenvalue weighted by molar-refractivity contribution is -0.115. The molecule has 6 nitrogen and oxygen atoms in total. The highest BCUT2D eigenvalue weighted by atomic mass is 16.5. The third-order valence-corrected chi connectivity index (χ3v) is 3.50. The molecule has 0 unspecified atom stereocenters. The molecule has 24 heavy (non-hydrogen) atoms. The number of nitrogens with zero attached hydrogens (tertiary/aromatic N) is 3. The van der Waals surface area contributed by atoms with E-state index in [1.165, 1.54) is 0 Å². The summed E-state index contributed by atoms with van der Waals surface area (Å²) >= 11 is 0. The minimum Gasteiger partial charge on any atom is -0.496 e. The van der Waals surface area contributed by atoms with Gasteiger partial charge in [-0.15, -0.1) is 0 Å². The second-order valence-corrected chi connectivity index (χ2v) is 5.26. The van der Waals surface area contributed by atoms with Crippen LogP contribution in [0.3, 0.4) is 0 Å². The van der Waals surface area contributed by atoms with Gasteiger partial charge in [-0.05, 0) is 18.2 Å². The van der Waals surface area contributed by atoms with Crippen LogP contribution >= 0.6 is 0 Å². The van der Waals surface area contributed by atoms with Crippen molar-refractivity contribution < 1.29 is 9.53 Å². The normalized spacial score (nSPS) is 10.4. The van der Waals surface area contributed by atoms with Gasteiger partial charge in [0.05, 0.1) is 25.8 Å². The zero-order valence-electron chi connectivity index (χ0n) is 13.3. The second-order valence-electron chi connectivity index (χ2n) is 5.26. The van der Waals surface area contributed by atoms with Gasteiger partial charge in [0, 0.05) is 24.0 Å². The van der Waals surface area contributed by atoms with Crippen molar-refractivity contribution in [2.75, 3.05) is 12.4 Å². The highest BCUT2D eigenvalue weighted by molar-refractivity contribution is 5.91. The van der Waals surface area contributed by atoms with Crippen molar-refractivity contribution in [1.29, 1.82) is 0 Å². The summed E-state index contributed by atoms with van der Waals surface area (Å²) in [6.45, 7) is 0.559. The van der Waals surface area contributed by atoms with E-state index in [9.17, 15) is 4.79 Å². The van der Waals surface area contributed by atoms with E-state index in [-0.39, 0.29) is 12.3 Å². The molecule has 122 valence electrons. The summed E-state index contributed by atoms with van der Waals surface area (Å²) in [7, 11) is 1.59. The molecule has 2 aromatic heterocycles. The summed E-state index contributed by atoms with van der Waals surface area (Å²) in [6.07, 6.45) is 3.79. The van der Waals surface area contributed by atoms with Gasteiger partial charge in [-0.25, -0.2) is 0 Å². The van der Waals surface area contributed by atoms with Crippen LogP contribution in [0.25, 0.3) is 0 Å². The van der Waals surface area contributed by atoms with Crippen molar-refractivity contribution in [3.05, 3.63) is 72.2 Å². The van der Waals surface area contributed by atoms with E-state index in [4.69, 9.17) is 4.74 Å². The highest BCUT2D eigenvalue weighted by Crippen LogP contribution is 2.18. The largest absolute Gasteiger partial charge is 0.496 e. The summed E-state index contributed by atoms with van der Waals surface area (Å²) in [6, 6.07) is 15.0. The van der Waals surface area contributed by atoms with Crippen LogP contribution in [0.4, 0.5) is 5.82 Å². The van der Waals surface area contributed by atoms with Crippen LogP contribution < -0.4 is 10.1 Å². The van der Waals surface area contributed by atoms with Crippen LogP contribution in [0.5, 0.6) is 5.75 Å². The Kier molecular flexibility index (Phi) is 4.86. The number of amides is 1. The zero-order valence-corrected chi connectivity index (χ0v) is 13.3. The van der Waals surface area contributed by atoms with Crippen LogP contribution in [-0.2, 0) is 17.8 Å². The van der Waals surface area contributed by atoms with Crippen molar-refractivity contribution in [2.45, 2.75) is 13.0 Å². The molecule has 2 heterocycles. The quantitative estimate of drug-likeness (QED) is 0.757. The molecule has 0 radical (unpaired) electrons. The van der Waals surface area contributed by atoms with Crippen molar-refractivity contribution in [3.63, 3.8) is 0 Å². The monoisotopic (exact) mass is 322 g/mol. The van der Waals surface area contributed by atoms with Crippen LogP contribution in [0.1, 0.15) is 11.3 Å². The smallest absolute Gasteiger partial charge is 0.230 e. The van der Waals surface area contributed by atoms with Gasteiger partial charge >= 0.3 is 0 Å². The van der Waals surface area contributed by atoms with E-state index in [0.717, 1.165) is 11.3 Å². The third-order valence-electron chi connectivity index (χ3n) is 3.50. The molecule has 1 amide bonds. The fourth-order valence-electron chi connectivity index (χ4n) is 2.38. The Bertz CT molecular complexity index is 815. The Labute approximate surface area is 140 Å². The Morgan fingerprint density at radius 3 is 2.79 bits per heavy atom. The maximum absolute atomic E-state index is 12.2. The van der Waals surface area contributed by atoms with E-state index < -0.39 is 0 Å². The molecular weight excluding hydrogens is 304 g/mol. The van der Waals surface area contributed by atoms with Crippen LogP contribution in [0.15, 0.2) is 60.9 Å². The summed E-state index contributed by atoms with van der Waals surface area (Å²) in [5.41, 5.74) is 1.75. The van der Waals surface area contributed by atoms with Crippen molar-refractivity contribution >= 4 is 11.7 Å². The van der Waals surface area contributed by atoms with Crippen LogP contribution in [0.2, 0.25) is 0 Å². The first-order chi connectivity index (χ1) is 11.7. The molecule has 0 saturated heterocycles. The molecule has 0 spiro atoms. The molecule has 0 aliphatic rings. The molecule has 1 N–H and O–H groups in total. The van der Waals surface area contributed by atoms with E-state index >= 15 is 0 Å². The Morgan fingerprint density at radius 2 is 2.00 bits per heavy atom. The SMILES string of the molecule is COc1ccccc1CC(=O)Nc1ccn(Cc2ccccn2)n1. The lowest BCUT2D eigenvalue weighted by Crippen LogP contribution is -2.15. The average molecular weight is 322 g/mol. The highest BCUT2D eigenvalue weighted by Gasteiger charge is 2.10. The first-order valence-electron chi connectivity index (χ1n) is 7.60. The van der Waals surface area contributed by atoms with Gasteiger partial charge in [-0.1, -0.05) is 24.3 Å². The number of carbonyl (C=O) groups is 1. The summed E-state index contributed by atoms with van der Waals surface area (Å²) in [5.74, 6) is 1.08. The third kappa shape index (κ3) is 3.98. The molecule has 0 aliphatic carbocycles. The number of ether oxygens (including phenoxy) is 1. The molecule has 0 fully saturated rings. The van der Waals surface area contributed by atoms with E-state index in [0.29, 0.717) is 18.1 Å². The lowest BCUT2D eigenvalue weighted by atomic mass is 10.1. The predicted octanol–water partition coefficient (Wildman–Crippen LogP) is 2.52. The average Bonchev–Trinajstić information content (AvgIpc) is 3.03. The minimum absolute atomic E-state index is 0.136.